The number of phosphoric acid groups is 2. The van der Waals surface area contributed by atoms with Crippen molar-refractivity contribution < 1.29 is 75.8 Å². The highest BCUT2D eigenvalue weighted by Crippen LogP contribution is 2.45. The van der Waals surface area contributed by atoms with Crippen LogP contribution in [0.15, 0.2) is 109 Å². The number of carbonyl (C=O) groups is 3. The molecule has 0 aromatic heterocycles. The van der Waals surface area contributed by atoms with Crippen LogP contribution in [0, 0.1) is 0 Å². The highest BCUT2D eigenvalue weighted by Gasteiger charge is 2.29. The van der Waals surface area contributed by atoms with Crippen LogP contribution in [-0.4, -0.2) is 95.9 Å². The third kappa shape index (κ3) is 79.1. The first-order chi connectivity index (χ1) is 50.2. The quantitative estimate of drug-likeness (QED) is 0.0146. The third-order valence-corrected chi connectivity index (χ3v) is 19.3. The van der Waals surface area contributed by atoms with E-state index < -0.39 is 91.5 Å². The van der Waals surface area contributed by atoms with Crippen molar-refractivity contribution in [1.29, 1.82) is 0 Å². The molecule has 0 aromatic rings. The topological polar surface area (TPSA) is 231 Å². The summed E-state index contributed by atoms with van der Waals surface area (Å²) in [6, 6.07) is 0. The summed E-state index contributed by atoms with van der Waals surface area (Å²) in [5, 5.41) is 20.6. The Morgan fingerprint density at radius 2 is 0.485 bits per heavy atom. The number of unbranched alkanes of at least 4 members (excludes halogenated alkanes) is 37. The van der Waals surface area contributed by atoms with E-state index in [0.717, 1.165) is 128 Å². The minimum Gasteiger partial charge on any atom is -0.463 e. The maximum absolute atomic E-state index is 12.9. The molecule has 4 N–H and O–H groups in total. The molecule has 0 saturated carbocycles. The average Bonchev–Trinajstić information content (AvgIpc) is 0.937. The van der Waals surface area contributed by atoms with E-state index in [0.29, 0.717) is 19.3 Å². The molecule has 0 radical (unpaired) electrons. The molecule has 5 unspecified atom stereocenters. The van der Waals surface area contributed by atoms with Crippen molar-refractivity contribution in [2.45, 2.75) is 373 Å². The maximum atomic E-state index is 12.9. The highest BCUT2D eigenvalue weighted by atomic mass is 31.2. The fourth-order valence-corrected chi connectivity index (χ4v) is 12.7. The SMILES string of the molecule is CCCCC/C=C\C/C=C\C/C=C\C/C=C\CCCCCCCCCCCCCCCCCCCC(=O)OCC(O)COP(=O)(O)OCC(O)COP(=O)(O)OCC(COC(=O)CCCCCCC/C=C\C/C=C\C/C=C\C/C=C\CCCCC)OC(=O)CCCCCCC/C=C\CCCCCC. The average molecular weight is 1490 g/mol. The zero-order chi connectivity index (χ0) is 75.2. The second-order valence-corrected chi connectivity index (χ2v) is 30.5. The van der Waals surface area contributed by atoms with Gasteiger partial charge in [0, 0.05) is 19.3 Å². The largest absolute Gasteiger partial charge is 0.472 e. The van der Waals surface area contributed by atoms with Gasteiger partial charge in [-0.25, -0.2) is 9.13 Å². The van der Waals surface area contributed by atoms with Crippen molar-refractivity contribution in [2.75, 3.05) is 39.6 Å². The Morgan fingerprint density at radius 1 is 0.272 bits per heavy atom. The Labute approximate surface area is 628 Å². The van der Waals surface area contributed by atoms with E-state index in [1.54, 1.807) is 0 Å². The summed E-state index contributed by atoms with van der Waals surface area (Å²) in [6.07, 6.45) is 91.5. The number of aliphatic hydroxyl groups excluding tert-OH is 2. The van der Waals surface area contributed by atoms with Gasteiger partial charge in [0.2, 0.25) is 0 Å². The summed E-state index contributed by atoms with van der Waals surface area (Å²) >= 11 is 0. The first-order valence-electron chi connectivity index (χ1n) is 41.2. The molecule has 0 bridgehead atoms. The summed E-state index contributed by atoms with van der Waals surface area (Å²) in [6.45, 7) is 2.61. The van der Waals surface area contributed by atoms with E-state index in [-0.39, 0.29) is 19.3 Å². The van der Waals surface area contributed by atoms with Gasteiger partial charge < -0.3 is 34.2 Å². The molecule has 16 nitrogen and oxygen atoms in total. The van der Waals surface area contributed by atoms with Crippen molar-refractivity contribution in [2.24, 2.45) is 0 Å². The minimum absolute atomic E-state index is 0.0898. The zero-order valence-corrected chi connectivity index (χ0v) is 67.0. The fraction of sp³-hybridized carbons (Fsp3) is 0.753. The fourth-order valence-electron chi connectivity index (χ4n) is 11.1. The van der Waals surface area contributed by atoms with Gasteiger partial charge in [0.25, 0.3) is 0 Å². The number of carbonyl (C=O) groups excluding carboxylic acids is 3. The first-order valence-corrected chi connectivity index (χ1v) is 44.2. The number of rotatable bonds is 78. The van der Waals surface area contributed by atoms with Crippen LogP contribution in [0.5, 0.6) is 0 Å². The van der Waals surface area contributed by atoms with Crippen molar-refractivity contribution >= 4 is 33.6 Å². The van der Waals surface area contributed by atoms with E-state index in [4.69, 9.17) is 32.3 Å². The highest BCUT2D eigenvalue weighted by molar-refractivity contribution is 7.47. The lowest BCUT2D eigenvalue weighted by atomic mass is 10.0. The van der Waals surface area contributed by atoms with Gasteiger partial charge in [-0.05, 0) is 135 Å². The normalized spacial score (nSPS) is 14.5. The Balaban J connectivity index is 4.42. The van der Waals surface area contributed by atoms with Crippen molar-refractivity contribution in [3.63, 3.8) is 0 Å². The zero-order valence-electron chi connectivity index (χ0n) is 65.2. The lowest BCUT2D eigenvalue weighted by Gasteiger charge is -2.21. The second kappa shape index (κ2) is 77.8. The number of aliphatic hydroxyl groups is 2. The molecular formula is C85H150O16P2. The van der Waals surface area contributed by atoms with E-state index in [1.165, 1.54) is 167 Å². The molecule has 596 valence electrons. The van der Waals surface area contributed by atoms with Crippen molar-refractivity contribution in [1.82, 2.24) is 0 Å². The molecule has 0 aliphatic carbocycles. The van der Waals surface area contributed by atoms with Gasteiger partial charge in [0.05, 0.1) is 26.4 Å². The van der Waals surface area contributed by atoms with E-state index in [1.807, 2.05) is 0 Å². The molecular weight excluding hydrogens is 1340 g/mol. The van der Waals surface area contributed by atoms with Crippen LogP contribution in [0.3, 0.4) is 0 Å². The van der Waals surface area contributed by atoms with Gasteiger partial charge in [-0.2, -0.15) is 0 Å². The van der Waals surface area contributed by atoms with Crippen LogP contribution >= 0.6 is 15.6 Å². The summed E-state index contributed by atoms with van der Waals surface area (Å²) in [7, 11) is -9.79. The summed E-state index contributed by atoms with van der Waals surface area (Å²) < 4.78 is 61.1. The van der Waals surface area contributed by atoms with Gasteiger partial charge in [0.1, 0.15) is 25.4 Å². The Hall–Kier alpha value is -3.79. The van der Waals surface area contributed by atoms with Crippen molar-refractivity contribution in [3.8, 4) is 0 Å². The molecule has 0 rings (SSSR count). The first kappa shape index (κ1) is 99.2. The monoisotopic (exact) mass is 1490 g/mol. The summed E-state index contributed by atoms with van der Waals surface area (Å²) in [5.74, 6) is -1.60. The van der Waals surface area contributed by atoms with E-state index in [9.17, 15) is 43.5 Å². The van der Waals surface area contributed by atoms with Crippen LogP contribution in [0.4, 0.5) is 0 Å². The number of esters is 3. The molecule has 0 aliphatic rings. The molecule has 0 aromatic carbocycles. The molecule has 0 fully saturated rings. The van der Waals surface area contributed by atoms with Crippen LogP contribution in [0.1, 0.15) is 355 Å². The molecule has 0 spiro atoms. The smallest absolute Gasteiger partial charge is 0.463 e. The standard InChI is InChI=1S/C85H150O16P2/c1-4-7-10-13-16-19-22-25-27-29-31-33-34-35-36-37-38-39-40-41-42-43-44-46-48-49-51-54-56-59-62-65-68-71-83(88)95-74-80(86)75-97-102(91,92)98-76-81(87)77-99-103(93,94)100-79-82(101-85(90)73-70-67-64-61-58-53-24-21-18-15-12-9-6-3)78-96-84(89)72-69-66-63-60-57-55-52-50-47-45-32-30-28-26-23-20-17-14-11-8-5-2/h16-17,19-21,24-28,31-33,35-36,45,50,52,80-82,86-87H,4-15,18,22-23,29-30,34,37-44,46-49,51,53-79H2,1-3H3,(H,91,92)(H,93,94)/b19-16-,20-17-,24-21-,27-25-,28-26-,33-31-,36-35-,45-32-,52-50-. The number of hydrogen-bond acceptors (Lipinski definition) is 14. The molecule has 0 aliphatic heterocycles. The number of hydrogen-bond donors (Lipinski definition) is 4. The van der Waals surface area contributed by atoms with Crippen molar-refractivity contribution in [3.05, 3.63) is 109 Å². The molecule has 5 atom stereocenters. The van der Waals surface area contributed by atoms with Gasteiger partial charge in [-0.1, -0.05) is 310 Å². The Morgan fingerprint density at radius 3 is 0.796 bits per heavy atom. The van der Waals surface area contributed by atoms with Crippen LogP contribution in [0.2, 0.25) is 0 Å². The lowest BCUT2D eigenvalue weighted by molar-refractivity contribution is -0.161. The molecule has 0 amide bonds. The third-order valence-electron chi connectivity index (χ3n) is 17.4. The predicted octanol–water partition coefficient (Wildman–Crippen LogP) is 24.3. The van der Waals surface area contributed by atoms with E-state index in [2.05, 4.69) is 130 Å². The number of phosphoric ester groups is 2. The van der Waals surface area contributed by atoms with Gasteiger partial charge >= 0.3 is 33.6 Å². The van der Waals surface area contributed by atoms with Crippen LogP contribution < -0.4 is 0 Å². The van der Waals surface area contributed by atoms with Gasteiger partial charge in [-0.15, -0.1) is 0 Å². The lowest BCUT2D eigenvalue weighted by Crippen LogP contribution is -2.30. The van der Waals surface area contributed by atoms with Crippen LogP contribution in [0.25, 0.3) is 0 Å². The second-order valence-electron chi connectivity index (χ2n) is 27.6. The molecule has 0 heterocycles. The molecule has 103 heavy (non-hydrogen) atoms. The summed E-state index contributed by atoms with van der Waals surface area (Å²) in [4.78, 5) is 58.6. The molecule has 18 heteroatoms. The predicted molar refractivity (Wildman–Crippen MR) is 427 cm³/mol. The maximum Gasteiger partial charge on any atom is 0.472 e. The van der Waals surface area contributed by atoms with E-state index >= 15 is 0 Å². The minimum atomic E-state index is -4.93. The van der Waals surface area contributed by atoms with Crippen LogP contribution in [-0.2, 0) is 55.8 Å². The van der Waals surface area contributed by atoms with Gasteiger partial charge in [-0.3, -0.25) is 32.5 Å². The number of allylic oxidation sites excluding steroid dienone is 18. The summed E-state index contributed by atoms with van der Waals surface area (Å²) in [5.41, 5.74) is 0. The molecule has 0 saturated heterocycles. The van der Waals surface area contributed by atoms with Gasteiger partial charge in [0.15, 0.2) is 6.10 Å². The number of ether oxygens (including phenoxy) is 3. The Bertz CT molecular complexity index is 2310. The Kier molecular flexibility index (Phi) is 74.9.